The molecule has 0 aromatic heterocycles. The number of hydrogen-bond acceptors (Lipinski definition) is 6. The van der Waals surface area contributed by atoms with E-state index in [2.05, 4.69) is 11.1 Å². The fourth-order valence-electron chi connectivity index (χ4n) is 2.05. The molecule has 182 valence electrons. The van der Waals surface area contributed by atoms with Crippen LogP contribution in [0, 0.1) is 0 Å². The lowest BCUT2D eigenvalue weighted by molar-refractivity contribution is -0.467. The van der Waals surface area contributed by atoms with E-state index in [9.17, 15) is 32.7 Å². The third-order valence-electron chi connectivity index (χ3n) is 3.59. The largest absolute Gasteiger partial charge is 0.550 e. The van der Waals surface area contributed by atoms with Crippen molar-refractivity contribution in [2.75, 3.05) is 13.2 Å². The Labute approximate surface area is 183 Å². The van der Waals surface area contributed by atoms with Crippen LogP contribution in [-0.4, -0.2) is 53.9 Å². The molecule has 0 saturated heterocycles. The van der Waals surface area contributed by atoms with Gasteiger partial charge in [0, 0.05) is 19.3 Å². The third-order valence-corrected chi connectivity index (χ3v) is 3.59. The fraction of sp³-hybridized carbons (Fsp3) is 0.550. The molecule has 32 heavy (non-hydrogen) atoms. The summed E-state index contributed by atoms with van der Waals surface area (Å²) in [7, 11) is 0. The molecule has 0 aliphatic rings. The van der Waals surface area contributed by atoms with Gasteiger partial charge in [-0.15, -0.1) is 0 Å². The number of alkyl halides is 3. The molecular weight excluding hydrogens is 437 g/mol. The van der Waals surface area contributed by atoms with Crippen LogP contribution in [0.4, 0.5) is 13.2 Å². The highest BCUT2D eigenvalue weighted by Gasteiger charge is 2.29. The highest BCUT2D eigenvalue weighted by Crippen LogP contribution is 2.28. The van der Waals surface area contributed by atoms with Crippen LogP contribution in [0.5, 0.6) is 11.5 Å². The Balaban J connectivity index is 0.000000649. The average molecular weight is 466 g/mol. The Morgan fingerprint density at radius 3 is 2.09 bits per heavy atom. The third kappa shape index (κ3) is 15.8. The number of rotatable bonds is 11. The van der Waals surface area contributed by atoms with E-state index in [1.54, 1.807) is 18.2 Å². The summed E-state index contributed by atoms with van der Waals surface area (Å²) in [6, 6.07) is 5.17. The number of para-hydroxylation sites is 2. The summed E-state index contributed by atoms with van der Waals surface area (Å²) in [6.07, 6.45) is -4.22. The van der Waals surface area contributed by atoms with E-state index in [0.717, 1.165) is 6.92 Å². The second kappa shape index (κ2) is 13.4. The van der Waals surface area contributed by atoms with Crippen LogP contribution in [0.3, 0.4) is 0 Å². The molecule has 0 spiro atoms. The number of quaternary nitrogens is 1. The normalized spacial score (nSPS) is 12.1. The number of nitrogens with one attached hydrogen (secondary N) is 1. The standard InChI is InChI=1S/C13H18F3NO2.C7H11NO5/c1-12(2,17)7-8-18-10-5-3-4-6-11(10)19-9-13(14,15)16;1-4(9)8-5(7(12)13)2-3-6(10)11/h3-6H,7-9,17H2,1-2H3;5H,2-3H2,1H3,(H,8,9)(H,10,11)(H,12,13)/t;5-/m.1/s1. The van der Waals surface area contributed by atoms with E-state index in [1.165, 1.54) is 6.07 Å². The van der Waals surface area contributed by atoms with Gasteiger partial charge in [-0.25, -0.2) is 4.79 Å². The van der Waals surface area contributed by atoms with Gasteiger partial charge in [-0.05, 0) is 38.8 Å². The molecule has 0 unspecified atom stereocenters. The zero-order valence-corrected chi connectivity index (χ0v) is 18.2. The molecular formula is C20H29F3N2O7. The van der Waals surface area contributed by atoms with Gasteiger partial charge in [-0.3, -0.25) is 4.79 Å². The number of halogens is 3. The number of carbonyl (C=O) groups is 3. The summed E-state index contributed by atoms with van der Waals surface area (Å²) in [4.78, 5) is 30.9. The lowest BCUT2D eigenvalue weighted by Crippen LogP contribution is -2.69. The number of benzene rings is 1. The fourth-order valence-corrected chi connectivity index (χ4v) is 2.05. The molecule has 9 nitrogen and oxygen atoms in total. The van der Waals surface area contributed by atoms with Crippen molar-refractivity contribution in [2.24, 2.45) is 0 Å². The van der Waals surface area contributed by atoms with Crippen LogP contribution in [0.1, 0.15) is 40.0 Å². The first-order chi connectivity index (χ1) is 14.6. The molecule has 0 saturated carbocycles. The molecule has 1 atom stereocenters. The van der Waals surface area contributed by atoms with Crippen LogP contribution in [0.25, 0.3) is 0 Å². The van der Waals surface area contributed by atoms with Crippen molar-refractivity contribution in [1.29, 1.82) is 0 Å². The second-order valence-electron chi connectivity index (χ2n) is 7.62. The van der Waals surface area contributed by atoms with Crippen molar-refractivity contribution in [3.8, 4) is 11.5 Å². The smallest absolute Gasteiger partial charge is 0.422 e. The first kappa shape index (κ1) is 29.0. The number of carbonyl (C=O) groups excluding carboxylic acids is 2. The summed E-state index contributed by atoms with van der Waals surface area (Å²) in [5.41, 5.74) is 3.80. The maximum absolute atomic E-state index is 12.1. The number of hydrogen-bond donors (Lipinski definition) is 3. The molecule has 0 fully saturated rings. The molecule has 1 aromatic rings. The highest BCUT2D eigenvalue weighted by molar-refractivity contribution is 5.82. The highest BCUT2D eigenvalue weighted by atomic mass is 19.4. The van der Waals surface area contributed by atoms with Gasteiger partial charge in [0.05, 0.1) is 12.1 Å². The summed E-state index contributed by atoms with van der Waals surface area (Å²) in [5, 5.41) is 20.6. The quantitative estimate of drug-likeness (QED) is 0.430. The van der Waals surface area contributed by atoms with Gasteiger partial charge in [0.1, 0.15) is 6.04 Å². The van der Waals surface area contributed by atoms with Gasteiger partial charge < -0.3 is 35.5 Å². The number of amides is 1. The van der Waals surface area contributed by atoms with Crippen LogP contribution in [0.2, 0.25) is 0 Å². The summed E-state index contributed by atoms with van der Waals surface area (Å²) in [5.74, 6) is -2.68. The van der Waals surface area contributed by atoms with Crippen LogP contribution < -0.4 is 25.6 Å². The lowest BCUT2D eigenvalue weighted by Gasteiger charge is -2.17. The second-order valence-corrected chi connectivity index (χ2v) is 7.62. The molecule has 0 bridgehead atoms. The van der Waals surface area contributed by atoms with Crippen molar-refractivity contribution >= 4 is 17.8 Å². The molecule has 0 heterocycles. The van der Waals surface area contributed by atoms with Gasteiger partial charge in [-0.2, -0.15) is 13.2 Å². The molecule has 0 aliphatic heterocycles. The molecule has 12 heteroatoms. The lowest BCUT2D eigenvalue weighted by atomic mass is 10.0. The number of carboxylic acid groups (broad SMARTS) is 2. The van der Waals surface area contributed by atoms with Gasteiger partial charge in [-0.1, -0.05) is 12.1 Å². The number of carboxylic acids is 2. The summed E-state index contributed by atoms with van der Waals surface area (Å²) < 4.78 is 46.5. The molecule has 1 rings (SSSR count). The SMILES string of the molecule is CC(=O)N[C@H](CCC(=O)[O-])C(=O)O.CC(C)([NH3+])CCOc1ccccc1OCC(F)(F)F. The van der Waals surface area contributed by atoms with Gasteiger partial charge in [0.25, 0.3) is 0 Å². The molecule has 5 N–H and O–H groups in total. The Bertz CT molecular complexity index is 749. The van der Waals surface area contributed by atoms with Crippen LogP contribution in [0.15, 0.2) is 24.3 Å². The average Bonchev–Trinajstić information content (AvgIpc) is 2.62. The van der Waals surface area contributed by atoms with Gasteiger partial charge in [0.2, 0.25) is 5.91 Å². The Morgan fingerprint density at radius 2 is 1.69 bits per heavy atom. The molecule has 0 aliphatic carbocycles. The van der Waals surface area contributed by atoms with Crippen molar-refractivity contribution in [2.45, 2.75) is 57.8 Å². The number of ether oxygens (including phenoxy) is 2. The summed E-state index contributed by atoms with van der Waals surface area (Å²) in [6.45, 7) is 4.14. The van der Waals surface area contributed by atoms with E-state index < -0.39 is 43.1 Å². The summed E-state index contributed by atoms with van der Waals surface area (Å²) >= 11 is 0. The van der Waals surface area contributed by atoms with Gasteiger partial charge in [0.15, 0.2) is 18.1 Å². The minimum Gasteiger partial charge on any atom is -0.550 e. The van der Waals surface area contributed by atoms with Crippen LogP contribution in [-0.2, 0) is 14.4 Å². The van der Waals surface area contributed by atoms with E-state index in [0.29, 0.717) is 18.8 Å². The number of aliphatic carboxylic acids is 2. The van der Waals surface area contributed by atoms with Crippen molar-refractivity contribution < 1.29 is 53.0 Å². The van der Waals surface area contributed by atoms with Crippen molar-refractivity contribution in [3.05, 3.63) is 24.3 Å². The minimum atomic E-state index is -4.36. The van der Waals surface area contributed by atoms with E-state index in [1.807, 2.05) is 13.8 Å². The first-order valence-electron chi connectivity index (χ1n) is 9.57. The maximum atomic E-state index is 12.1. The van der Waals surface area contributed by atoms with Crippen LogP contribution >= 0.6 is 0 Å². The predicted molar refractivity (Wildman–Crippen MR) is 105 cm³/mol. The Morgan fingerprint density at radius 1 is 1.16 bits per heavy atom. The van der Waals surface area contributed by atoms with Crippen molar-refractivity contribution in [1.82, 2.24) is 5.32 Å². The van der Waals surface area contributed by atoms with E-state index >= 15 is 0 Å². The Hall–Kier alpha value is -3.02. The topological polar surface area (TPSA) is 153 Å². The molecule has 0 radical (unpaired) electrons. The van der Waals surface area contributed by atoms with E-state index in [4.69, 9.17) is 14.6 Å². The van der Waals surface area contributed by atoms with Crippen molar-refractivity contribution in [3.63, 3.8) is 0 Å². The first-order valence-corrected chi connectivity index (χ1v) is 9.57. The van der Waals surface area contributed by atoms with E-state index in [-0.39, 0.29) is 17.7 Å². The minimum absolute atomic E-state index is 0.0988. The monoisotopic (exact) mass is 466 g/mol. The maximum Gasteiger partial charge on any atom is 0.422 e. The van der Waals surface area contributed by atoms with Gasteiger partial charge >= 0.3 is 12.1 Å². The molecule has 1 amide bonds. The Kier molecular flexibility index (Phi) is 12.1. The zero-order valence-electron chi connectivity index (χ0n) is 18.2. The predicted octanol–water partition coefficient (Wildman–Crippen LogP) is 0.523. The molecule has 1 aromatic carbocycles. The zero-order chi connectivity index (χ0) is 24.9.